The van der Waals surface area contributed by atoms with Gasteiger partial charge in [0.05, 0.1) is 11.3 Å². The van der Waals surface area contributed by atoms with Gasteiger partial charge in [-0.1, -0.05) is 24.6 Å². The van der Waals surface area contributed by atoms with E-state index in [-0.39, 0.29) is 17.4 Å². The Labute approximate surface area is 213 Å². The molecule has 35 heavy (non-hydrogen) atoms. The van der Waals surface area contributed by atoms with Gasteiger partial charge in [-0.15, -0.1) is 0 Å². The Bertz CT molecular complexity index is 902. The Kier molecular flexibility index (Phi) is 7.64. The molecule has 0 bridgehead atoms. The molecule has 0 radical (unpaired) electrons. The number of nitrogens with zero attached hydrogens (tertiary/aromatic N) is 1. The molecular formula is C27H42N2O5S. The van der Waals surface area contributed by atoms with Gasteiger partial charge >= 0.3 is 5.97 Å². The number of fused-ring (bicyclic) bond motifs is 5. The minimum Gasteiger partial charge on any atom is -0.480 e. The van der Waals surface area contributed by atoms with Gasteiger partial charge in [0.15, 0.2) is 6.61 Å². The fourth-order valence-corrected chi connectivity index (χ4v) is 8.26. The molecule has 7 nitrogen and oxygen atoms in total. The van der Waals surface area contributed by atoms with Crippen LogP contribution in [0.25, 0.3) is 0 Å². The van der Waals surface area contributed by atoms with E-state index in [0.29, 0.717) is 29.9 Å². The molecule has 7 atom stereocenters. The van der Waals surface area contributed by atoms with Gasteiger partial charge < -0.3 is 20.4 Å². The summed E-state index contributed by atoms with van der Waals surface area (Å²) in [6.07, 6.45) is 12.9. The van der Waals surface area contributed by atoms with Crippen molar-refractivity contribution in [2.75, 3.05) is 18.6 Å². The van der Waals surface area contributed by atoms with Crippen molar-refractivity contribution in [1.82, 2.24) is 5.32 Å². The Hall–Kier alpha value is -1.54. The molecule has 0 spiro atoms. The lowest BCUT2D eigenvalue weighted by Crippen LogP contribution is -2.53. The van der Waals surface area contributed by atoms with E-state index in [1.165, 1.54) is 18.4 Å². The van der Waals surface area contributed by atoms with Gasteiger partial charge in [-0.05, 0) is 111 Å². The molecule has 3 saturated carbocycles. The lowest BCUT2D eigenvalue weighted by atomic mass is 9.46. The number of allylic oxidation sites excluding steroid dienone is 2. The zero-order valence-corrected chi connectivity index (χ0v) is 22.5. The van der Waals surface area contributed by atoms with Crippen LogP contribution in [0, 0.1) is 28.6 Å². The fourth-order valence-electron chi connectivity index (χ4n) is 7.79. The largest absolute Gasteiger partial charge is 0.480 e. The zero-order valence-electron chi connectivity index (χ0n) is 21.6. The lowest BCUT2D eigenvalue weighted by molar-refractivity contribution is -0.142. The molecule has 3 fully saturated rings. The number of oxime groups is 1. The van der Waals surface area contributed by atoms with Crippen LogP contribution in [0.2, 0.25) is 0 Å². The molecule has 0 aromatic carbocycles. The molecule has 4 aliphatic rings. The van der Waals surface area contributed by atoms with Crippen molar-refractivity contribution in [3.05, 3.63) is 11.6 Å². The average molecular weight is 507 g/mol. The summed E-state index contributed by atoms with van der Waals surface area (Å²) in [5, 5.41) is 27.1. The highest BCUT2D eigenvalue weighted by molar-refractivity contribution is 7.98. The number of carboxylic acid groups (broad SMARTS) is 1. The number of carbonyl (C=O) groups excluding carboxylic acids is 1. The van der Waals surface area contributed by atoms with E-state index in [2.05, 4.69) is 37.3 Å². The third-order valence-corrected chi connectivity index (χ3v) is 10.8. The maximum absolute atomic E-state index is 12.2. The normalized spacial score (nSPS) is 40.2. The number of hydrogen-bond donors (Lipinski definition) is 3. The Morgan fingerprint density at radius 3 is 2.63 bits per heavy atom. The van der Waals surface area contributed by atoms with Crippen molar-refractivity contribution in [3.8, 4) is 0 Å². The Morgan fingerprint density at radius 1 is 1.17 bits per heavy atom. The third kappa shape index (κ3) is 4.89. The number of thioether (sulfide) groups is 1. The van der Waals surface area contributed by atoms with Gasteiger partial charge in [0.2, 0.25) is 0 Å². The van der Waals surface area contributed by atoms with Gasteiger partial charge in [-0.25, -0.2) is 4.79 Å². The van der Waals surface area contributed by atoms with Crippen LogP contribution in [0.15, 0.2) is 16.8 Å². The topological polar surface area (TPSA) is 108 Å². The second-order valence-electron chi connectivity index (χ2n) is 11.9. The van der Waals surface area contributed by atoms with Crippen LogP contribution in [-0.2, 0) is 14.4 Å². The van der Waals surface area contributed by atoms with Gasteiger partial charge in [-0.2, -0.15) is 11.8 Å². The van der Waals surface area contributed by atoms with E-state index in [1.54, 1.807) is 11.8 Å². The van der Waals surface area contributed by atoms with Crippen molar-refractivity contribution in [2.24, 2.45) is 33.7 Å². The standard InChI is InChI=1S/C27H42N2O5S/c1-25-11-7-18(29-34-16-23(30)28-22(24(31)32)10-14-35-4)15-17(25)5-6-19-20(25)8-12-26(2)21(19)9-13-27(26,3)33/h15,19-22,33H,5-14,16H2,1-4H3,(H,28,30)(H,31,32)/b29-18+/t19-,20+,21+,22+,25+,26+,27+/m1/s1. The van der Waals surface area contributed by atoms with E-state index in [9.17, 15) is 19.8 Å². The summed E-state index contributed by atoms with van der Waals surface area (Å²) in [4.78, 5) is 28.8. The summed E-state index contributed by atoms with van der Waals surface area (Å²) in [6, 6.07) is -0.903. The number of aliphatic carboxylic acids is 1. The summed E-state index contributed by atoms with van der Waals surface area (Å²) >= 11 is 1.55. The monoisotopic (exact) mass is 506 g/mol. The quantitative estimate of drug-likeness (QED) is 0.421. The smallest absolute Gasteiger partial charge is 0.326 e. The first-order valence-corrected chi connectivity index (χ1v) is 14.5. The first-order chi connectivity index (χ1) is 16.5. The number of carboxylic acids is 1. The molecule has 0 aromatic heterocycles. The van der Waals surface area contributed by atoms with Crippen LogP contribution < -0.4 is 5.32 Å². The lowest BCUT2D eigenvalue weighted by Gasteiger charge is -2.59. The number of hydrogen-bond acceptors (Lipinski definition) is 6. The predicted molar refractivity (Wildman–Crippen MR) is 138 cm³/mol. The number of aliphatic hydroxyl groups is 1. The summed E-state index contributed by atoms with van der Waals surface area (Å²) in [7, 11) is 0. The summed E-state index contributed by atoms with van der Waals surface area (Å²) in [5.41, 5.74) is 1.98. The van der Waals surface area contributed by atoms with E-state index >= 15 is 0 Å². The third-order valence-electron chi connectivity index (χ3n) is 10.2. The average Bonchev–Trinajstić information content (AvgIpc) is 3.05. The number of amides is 1. The SMILES string of the molecule is CSCC[C@H](NC(=O)CO/N=C1/C=C2CC[C@@H]3[C@H](CC[C@@]4(C)[C@H]3CC[C@]4(C)O)[C@@]2(C)CC1)C(=O)O. The first kappa shape index (κ1) is 26.5. The van der Waals surface area contributed by atoms with Crippen LogP contribution in [0.5, 0.6) is 0 Å². The van der Waals surface area contributed by atoms with Crippen LogP contribution in [0.1, 0.15) is 78.6 Å². The number of rotatable bonds is 8. The van der Waals surface area contributed by atoms with E-state index < -0.39 is 23.5 Å². The second-order valence-corrected chi connectivity index (χ2v) is 12.9. The zero-order chi connectivity index (χ0) is 25.4. The van der Waals surface area contributed by atoms with Crippen LogP contribution >= 0.6 is 11.8 Å². The number of carbonyl (C=O) groups is 2. The molecule has 196 valence electrons. The Morgan fingerprint density at radius 2 is 1.91 bits per heavy atom. The first-order valence-electron chi connectivity index (χ1n) is 13.2. The van der Waals surface area contributed by atoms with Gasteiger partial charge in [0.25, 0.3) is 5.91 Å². The van der Waals surface area contributed by atoms with E-state index in [0.717, 1.165) is 44.2 Å². The summed E-state index contributed by atoms with van der Waals surface area (Å²) in [5.74, 6) is 1.10. The van der Waals surface area contributed by atoms with Gasteiger partial charge in [0, 0.05) is 0 Å². The highest BCUT2D eigenvalue weighted by atomic mass is 32.2. The maximum atomic E-state index is 12.2. The molecule has 0 unspecified atom stereocenters. The molecule has 4 aliphatic carbocycles. The van der Waals surface area contributed by atoms with E-state index in [4.69, 9.17) is 4.84 Å². The molecule has 3 N–H and O–H groups in total. The van der Waals surface area contributed by atoms with Crippen LogP contribution in [0.4, 0.5) is 0 Å². The van der Waals surface area contributed by atoms with Crippen molar-refractivity contribution in [1.29, 1.82) is 0 Å². The van der Waals surface area contributed by atoms with E-state index in [1.807, 2.05) is 6.26 Å². The summed E-state index contributed by atoms with van der Waals surface area (Å²) < 4.78 is 0. The minimum atomic E-state index is -1.03. The molecular weight excluding hydrogens is 464 g/mol. The molecule has 0 heterocycles. The van der Waals surface area contributed by atoms with Crippen molar-refractivity contribution in [3.63, 3.8) is 0 Å². The van der Waals surface area contributed by atoms with Crippen molar-refractivity contribution >= 4 is 29.4 Å². The molecule has 0 saturated heterocycles. The fraction of sp³-hybridized carbons (Fsp3) is 0.815. The van der Waals surface area contributed by atoms with Gasteiger partial charge in [0.1, 0.15) is 6.04 Å². The predicted octanol–water partition coefficient (Wildman–Crippen LogP) is 4.40. The highest BCUT2D eigenvalue weighted by Crippen LogP contribution is 2.67. The van der Waals surface area contributed by atoms with Crippen LogP contribution in [0.3, 0.4) is 0 Å². The summed E-state index contributed by atoms with van der Waals surface area (Å²) in [6.45, 7) is 6.53. The van der Waals surface area contributed by atoms with Gasteiger partial charge in [-0.3, -0.25) is 4.79 Å². The molecule has 8 heteroatoms. The van der Waals surface area contributed by atoms with Crippen molar-refractivity contribution in [2.45, 2.75) is 90.2 Å². The molecule has 0 aromatic rings. The minimum absolute atomic E-state index is 0.0382. The molecule has 4 rings (SSSR count). The van der Waals surface area contributed by atoms with Crippen LogP contribution in [-0.4, -0.2) is 58.1 Å². The maximum Gasteiger partial charge on any atom is 0.326 e. The molecule has 0 aliphatic heterocycles. The molecule has 1 amide bonds. The second kappa shape index (κ2) is 10.1. The van der Waals surface area contributed by atoms with Crippen molar-refractivity contribution < 1.29 is 24.6 Å². The highest BCUT2D eigenvalue weighted by Gasteiger charge is 2.62. The number of nitrogens with one attached hydrogen (secondary N) is 1. The Balaban J connectivity index is 1.37.